The predicted molar refractivity (Wildman–Crippen MR) is 78.1 cm³/mol. The Morgan fingerprint density at radius 3 is 2.95 bits per heavy atom. The molecule has 2 atom stereocenters. The molecular formula is C14H19N3O2S. The number of primary amides is 1. The molecule has 0 saturated carbocycles. The Morgan fingerprint density at radius 1 is 1.50 bits per heavy atom. The summed E-state index contributed by atoms with van der Waals surface area (Å²) in [6.45, 7) is 3.02. The summed E-state index contributed by atoms with van der Waals surface area (Å²) in [7, 11) is 0. The van der Waals surface area contributed by atoms with Gasteiger partial charge in [-0.2, -0.15) is 0 Å². The van der Waals surface area contributed by atoms with Crippen LogP contribution in [0.25, 0.3) is 0 Å². The average Bonchev–Trinajstić information content (AvgIpc) is 2.47. The maximum atomic E-state index is 12.4. The van der Waals surface area contributed by atoms with E-state index in [1.165, 1.54) is 11.8 Å². The minimum Gasteiger partial charge on any atom is -0.369 e. The van der Waals surface area contributed by atoms with Crippen LogP contribution >= 0.6 is 11.8 Å². The molecule has 20 heavy (non-hydrogen) atoms. The van der Waals surface area contributed by atoms with Gasteiger partial charge < -0.3 is 10.6 Å². The molecule has 0 radical (unpaired) electrons. The van der Waals surface area contributed by atoms with Gasteiger partial charge in [-0.15, -0.1) is 0 Å². The normalized spacial score (nSPS) is 20.4. The van der Waals surface area contributed by atoms with E-state index in [0.29, 0.717) is 13.1 Å². The lowest BCUT2D eigenvalue weighted by Gasteiger charge is -2.32. The second-order valence-corrected chi connectivity index (χ2v) is 6.31. The highest BCUT2D eigenvalue weighted by Crippen LogP contribution is 2.24. The number of pyridine rings is 1. The first kappa shape index (κ1) is 14.8. The Labute approximate surface area is 122 Å². The van der Waals surface area contributed by atoms with Gasteiger partial charge in [-0.25, -0.2) is 4.98 Å². The van der Waals surface area contributed by atoms with E-state index >= 15 is 0 Å². The summed E-state index contributed by atoms with van der Waals surface area (Å²) in [5.41, 5.74) is 5.34. The first-order chi connectivity index (χ1) is 9.58. The first-order valence-electron chi connectivity index (χ1n) is 6.73. The standard InChI is InChI=1S/C14H19N3O2S/c1-10(20-12-6-2-3-7-16-12)14(19)17-8-4-5-11(9-17)13(15)18/h2-3,6-7,10-11H,4-5,8-9H2,1H3,(H2,15,18). The second-order valence-electron chi connectivity index (χ2n) is 4.95. The third-order valence-electron chi connectivity index (χ3n) is 3.42. The predicted octanol–water partition coefficient (Wildman–Crippen LogP) is 1.29. The van der Waals surface area contributed by atoms with E-state index < -0.39 is 0 Å². The van der Waals surface area contributed by atoms with Crippen molar-refractivity contribution in [1.29, 1.82) is 0 Å². The van der Waals surface area contributed by atoms with Gasteiger partial charge in [-0.3, -0.25) is 9.59 Å². The zero-order valence-electron chi connectivity index (χ0n) is 11.5. The summed E-state index contributed by atoms with van der Waals surface area (Å²) in [6.07, 6.45) is 3.32. The lowest BCUT2D eigenvalue weighted by Crippen LogP contribution is -2.46. The number of amides is 2. The molecule has 0 aliphatic carbocycles. The molecule has 2 rings (SSSR count). The summed E-state index contributed by atoms with van der Waals surface area (Å²) in [4.78, 5) is 29.6. The van der Waals surface area contributed by atoms with Gasteiger partial charge in [0.15, 0.2) is 0 Å². The summed E-state index contributed by atoms with van der Waals surface area (Å²) >= 11 is 1.44. The smallest absolute Gasteiger partial charge is 0.235 e. The van der Waals surface area contributed by atoms with Gasteiger partial charge in [0.25, 0.3) is 0 Å². The van der Waals surface area contributed by atoms with Crippen LogP contribution in [0.15, 0.2) is 29.4 Å². The fraction of sp³-hybridized carbons (Fsp3) is 0.500. The minimum atomic E-state index is -0.312. The van der Waals surface area contributed by atoms with Crippen molar-refractivity contribution >= 4 is 23.6 Å². The van der Waals surface area contributed by atoms with Crippen molar-refractivity contribution in [3.8, 4) is 0 Å². The third-order valence-corrected chi connectivity index (χ3v) is 4.46. The molecule has 1 aliphatic heterocycles. The topological polar surface area (TPSA) is 76.3 Å². The van der Waals surface area contributed by atoms with Gasteiger partial charge in [-0.1, -0.05) is 17.8 Å². The molecule has 2 amide bonds. The number of carbonyl (C=O) groups excluding carboxylic acids is 2. The fourth-order valence-corrected chi connectivity index (χ4v) is 3.21. The van der Waals surface area contributed by atoms with E-state index in [9.17, 15) is 9.59 Å². The van der Waals surface area contributed by atoms with Crippen LogP contribution < -0.4 is 5.73 Å². The first-order valence-corrected chi connectivity index (χ1v) is 7.61. The summed E-state index contributed by atoms with van der Waals surface area (Å²) < 4.78 is 0. The van der Waals surface area contributed by atoms with Gasteiger partial charge in [0, 0.05) is 19.3 Å². The Hall–Kier alpha value is -1.56. The van der Waals surface area contributed by atoms with Crippen LogP contribution in [0.2, 0.25) is 0 Å². The molecule has 2 unspecified atom stereocenters. The fourth-order valence-electron chi connectivity index (χ4n) is 2.31. The maximum Gasteiger partial charge on any atom is 0.235 e. The van der Waals surface area contributed by atoms with E-state index in [1.54, 1.807) is 11.1 Å². The van der Waals surface area contributed by atoms with Crippen LogP contribution in [0.4, 0.5) is 0 Å². The molecule has 0 spiro atoms. The lowest BCUT2D eigenvalue weighted by atomic mass is 9.97. The summed E-state index contributed by atoms with van der Waals surface area (Å²) in [5, 5.41) is 0.619. The minimum absolute atomic E-state index is 0.0478. The second kappa shape index (κ2) is 6.74. The van der Waals surface area contributed by atoms with Crippen LogP contribution in [-0.2, 0) is 9.59 Å². The van der Waals surface area contributed by atoms with Crippen molar-refractivity contribution in [3.05, 3.63) is 24.4 Å². The molecule has 0 bridgehead atoms. The molecule has 1 aromatic heterocycles. The molecule has 6 heteroatoms. The number of hydrogen-bond acceptors (Lipinski definition) is 4. The average molecular weight is 293 g/mol. The van der Waals surface area contributed by atoms with E-state index in [1.807, 2.05) is 25.1 Å². The van der Waals surface area contributed by atoms with Gasteiger partial charge in [0.1, 0.15) is 0 Å². The van der Waals surface area contributed by atoms with E-state index in [0.717, 1.165) is 17.9 Å². The van der Waals surface area contributed by atoms with Crippen molar-refractivity contribution < 1.29 is 9.59 Å². The highest BCUT2D eigenvalue weighted by atomic mass is 32.2. The molecule has 108 valence electrons. The van der Waals surface area contributed by atoms with Crippen LogP contribution in [0.1, 0.15) is 19.8 Å². The van der Waals surface area contributed by atoms with Crippen molar-refractivity contribution in [2.45, 2.75) is 30.0 Å². The maximum absolute atomic E-state index is 12.4. The number of aromatic nitrogens is 1. The van der Waals surface area contributed by atoms with Gasteiger partial charge in [0.2, 0.25) is 11.8 Å². The van der Waals surface area contributed by atoms with Crippen molar-refractivity contribution in [1.82, 2.24) is 9.88 Å². The zero-order valence-corrected chi connectivity index (χ0v) is 12.3. The largest absolute Gasteiger partial charge is 0.369 e. The molecule has 1 aliphatic rings. The van der Waals surface area contributed by atoms with Crippen LogP contribution in [0.5, 0.6) is 0 Å². The SMILES string of the molecule is CC(Sc1ccccn1)C(=O)N1CCCC(C(N)=O)C1. The highest BCUT2D eigenvalue weighted by Gasteiger charge is 2.29. The van der Waals surface area contributed by atoms with Gasteiger partial charge >= 0.3 is 0 Å². The Balaban J connectivity index is 1.94. The third kappa shape index (κ3) is 3.72. The van der Waals surface area contributed by atoms with Crippen LogP contribution in [-0.4, -0.2) is 40.0 Å². The molecule has 2 N–H and O–H groups in total. The number of carbonyl (C=O) groups is 2. The molecule has 1 aromatic rings. The monoisotopic (exact) mass is 293 g/mol. The number of thioether (sulfide) groups is 1. The Kier molecular flexibility index (Phi) is 5.00. The van der Waals surface area contributed by atoms with Crippen LogP contribution in [0, 0.1) is 5.92 Å². The number of nitrogens with zero attached hydrogens (tertiary/aromatic N) is 2. The van der Waals surface area contributed by atoms with Gasteiger partial charge in [-0.05, 0) is 31.9 Å². The summed E-state index contributed by atoms with van der Waals surface area (Å²) in [6, 6.07) is 5.63. The van der Waals surface area contributed by atoms with E-state index in [-0.39, 0.29) is 23.0 Å². The number of piperidine rings is 1. The number of rotatable bonds is 4. The van der Waals surface area contributed by atoms with Crippen molar-refractivity contribution in [2.75, 3.05) is 13.1 Å². The molecular weight excluding hydrogens is 274 g/mol. The number of nitrogens with two attached hydrogens (primary N) is 1. The molecule has 5 nitrogen and oxygen atoms in total. The van der Waals surface area contributed by atoms with Crippen molar-refractivity contribution in [2.24, 2.45) is 11.7 Å². The highest BCUT2D eigenvalue weighted by molar-refractivity contribution is 8.00. The van der Waals surface area contributed by atoms with E-state index in [4.69, 9.17) is 5.73 Å². The Morgan fingerprint density at radius 2 is 2.30 bits per heavy atom. The quantitative estimate of drug-likeness (QED) is 0.849. The van der Waals surface area contributed by atoms with Crippen molar-refractivity contribution in [3.63, 3.8) is 0 Å². The zero-order chi connectivity index (χ0) is 14.5. The summed E-state index contributed by atoms with van der Waals surface area (Å²) in [5.74, 6) is -0.473. The molecule has 0 aromatic carbocycles. The Bertz CT molecular complexity index is 481. The van der Waals surface area contributed by atoms with Gasteiger partial charge in [0.05, 0.1) is 16.2 Å². The van der Waals surface area contributed by atoms with Crippen LogP contribution in [0.3, 0.4) is 0 Å². The number of hydrogen-bond donors (Lipinski definition) is 1. The lowest BCUT2D eigenvalue weighted by molar-refractivity contribution is -0.134. The molecule has 1 fully saturated rings. The molecule has 1 saturated heterocycles. The number of likely N-dealkylation sites (tertiary alicyclic amines) is 1. The van der Waals surface area contributed by atoms with E-state index in [2.05, 4.69) is 4.98 Å². The molecule has 2 heterocycles.